The van der Waals surface area contributed by atoms with Crippen LogP contribution in [0.3, 0.4) is 0 Å². The quantitative estimate of drug-likeness (QED) is 0.646. The zero-order valence-electron chi connectivity index (χ0n) is 6.17. The van der Waals surface area contributed by atoms with Gasteiger partial charge < -0.3 is 4.98 Å². The average molecular weight is 388 g/mol. The van der Waals surface area contributed by atoms with Gasteiger partial charge in [0, 0.05) is 14.3 Å². The molecular formula is C8H3Br3ClN. The molecule has 0 saturated heterocycles. The monoisotopic (exact) mass is 385 g/mol. The number of hydrogen-bond donors (Lipinski definition) is 1. The van der Waals surface area contributed by atoms with Crippen LogP contribution in [-0.4, -0.2) is 4.98 Å². The predicted molar refractivity (Wildman–Crippen MR) is 66.4 cm³/mol. The van der Waals surface area contributed by atoms with Crippen molar-refractivity contribution in [1.82, 2.24) is 4.98 Å². The van der Waals surface area contributed by atoms with Crippen LogP contribution < -0.4 is 0 Å². The van der Waals surface area contributed by atoms with Crippen LogP contribution in [0, 0.1) is 0 Å². The smallest absolute Gasteiger partial charge is 0.121 e. The van der Waals surface area contributed by atoms with Gasteiger partial charge in [-0.3, -0.25) is 0 Å². The summed E-state index contributed by atoms with van der Waals surface area (Å²) in [5.74, 6) is 0. The fourth-order valence-electron chi connectivity index (χ4n) is 1.16. The molecule has 68 valence electrons. The summed E-state index contributed by atoms with van der Waals surface area (Å²) >= 11 is 16.3. The Bertz CT molecular complexity index is 478. The number of halogens is 4. The van der Waals surface area contributed by atoms with E-state index in [0.29, 0.717) is 5.15 Å². The van der Waals surface area contributed by atoms with E-state index >= 15 is 0 Å². The van der Waals surface area contributed by atoms with Crippen LogP contribution in [0.5, 0.6) is 0 Å². The molecule has 1 aromatic carbocycles. The summed E-state index contributed by atoms with van der Waals surface area (Å²) in [7, 11) is 0. The standard InChI is InChI=1S/C8H3Br3ClN/c9-3-1-2-4(10)7-5(3)6(11)8(12)13-7/h1-2,13H. The molecule has 0 bridgehead atoms. The van der Waals surface area contributed by atoms with E-state index in [9.17, 15) is 0 Å². The van der Waals surface area contributed by atoms with E-state index in [-0.39, 0.29) is 0 Å². The first-order valence-corrected chi connectivity index (χ1v) is 6.17. The van der Waals surface area contributed by atoms with Crippen LogP contribution in [0.25, 0.3) is 10.9 Å². The van der Waals surface area contributed by atoms with Crippen LogP contribution in [0.2, 0.25) is 5.15 Å². The van der Waals surface area contributed by atoms with E-state index in [1.54, 1.807) is 0 Å². The third-order valence-corrected chi connectivity index (χ3v) is 4.38. The van der Waals surface area contributed by atoms with Gasteiger partial charge in [0.15, 0.2) is 0 Å². The molecule has 13 heavy (non-hydrogen) atoms. The molecule has 1 heterocycles. The number of H-pyrrole nitrogens is 1. The van der Waals surface area contributed by atoms with Crippen LogP contribution >= 0.6 is 59.4 Å². The number of benzene rings is 1. The van der Waals surface area contributed by atoms with Gasteiger partial charge >= 0.3 is 0 Å². The topological polar surface area (TPSA) is 15.8 Å². The lowest BCUT2D eigenvalue weighted by atomic mass is 10.2. The maximum absolute atomic E-state index is 5.95. The van der Waals surface area contributed by atoms with Crippen molar-refractivity contribution in [1.29, 1.82) is 0 Å². The first kappa shape index (κ1) is 10.0. The molecule has 0 amide bonds. The number of aromatic nitrogens is 1. The number of fused-ring (bicyclic) bond motifs is 1. The Kier molecular flexibility index (Phi) is 2.75. The van der Waals surface area contributed by atoms with Crippen molar-refractivity contribution < 1.29 is 0 Å². The lowest BCUT2D eigenvalue weighted by Gasteiger charge is -1.96. The summed E-state index contributed by atoms with van der Waals surface area (Å²) in [6, 6.07) is 3.94. The van der Waals surface area contributed by atoms with Crippen molar-refractivity contribution in [3.63, 3.8) is 0 Å². The highest BCUT2D eigenvalue weighted by Crippen LogP contribution is 2.39. The summed E-state index contributed by atoms with van der Waals surface area (Å²) in [4.78, 5) is 3.08. The van der Waals surface area contributed by atoms with Gasteiger partial charge in [-0.05, 0) is 44.0 Å². The largest absolute Gasteiger partial charge is 0.344 e. The molecule has 1 N–H and O–H groups in total. The number of aromatic amines is 1. The minimum atomic E-state index is 0.614. The number of nitrogens with one attached hydrogen (secondary N) is 1. The maximum Gasteiger partial charge on any atom is 0.121 e. The Morgan fingerprint density at radius 2 is 1.69 bits per heavy atom. The summed E-state index contributed by atoms with van der Waals surface area (Å²) < 4.78 is 2.90. The zero-order valence-corrected chi connectivity index (χ0v) is 11.7. The van der Waals surface area contributed by atoms with Gasteiger partial charge in [-0.15, -0.1) is 0 Å². The van der Waals surface area contributed by atoms with Gasteiger partial charge in [0.1, 0.15) is 5.15 Å². The lowest BCUT2D eigenvalue weighted by molar-refractivity contribution is 1.45. The molecule has 2 rings (SSSR count). The molecule has 0 aliphatic carbocycles. The SMILES string of the molecule is Clc1[nH]c2c(Br)ccc(Br)c2c1Br. The molecule has 0 atom stereocenters. The maximum atomic E-state index is 5.95. The third kappa shape index (κ3) is 1.58. The fourth-order valence-corrected chi connectivity index (χ4v) is 3.09. The highest BCUT2D eigenvalue weighted by atomic mass is 79.9. The zero-order chi connectivity index (χ0) is 9.59. The molecule has 1 aromatic heterocycles. The molecule has 0 saturated carbocycles. The Morgan fingerprint density at radius 3 is 2.31 bits per heavy atom. The Balaban J connectivity index is 3.00. The molecule has 0 aliphatic rings. The molecule has 2 aromatic rings. The molecule has 0 fully saturated rings. The van der Waals surface area contributed by atoms with Crippen molar-refractivity contribution in [2.75, 3.05) is 0 Å². The van der Waals surface area contributed by atoms with Crippen molar-refractivity contribution in [2.45, 2.75) is 0 Å². The number of hydrogen-bond acceptors (Lipinski definition) is 0. The molecule has 0 spiro atoms. The molecule has 5 heteroatoms. The van der Waals surface area contributed by atoms with Gasteiger partial charge in [-0.2, -0.15) is 0 Å². The lowest BCUT2D eigenvalue weighted by Crippen LogP contribution is -1.72. The van der Waals surface area contributed by atoms with Crippen LogP contribution in [0.15, 0.2) is 25.6 Å². The van der Waals surface area contributed by atoms with Crippen LogP contribution in [0.4, 0.5) is 0 Å². The van der Waals surface area contributed by atoms with Crippen molar-refractivity contribution in [3.05, 3.63) is 30.7 Å². The molecule has 0 aliphatic heterocycles. The first-order chi connectivity index (χ1) is 6.11. The van der Waals surface area contributed by atoms with Crippen molar-refractivity contribution in [2.24, 2.45) is 0 Å². The van der Waals surface area contributed by atoms with Gasteiger partial charge in [0.2, 0.25) is 0 Å². The second kappa shape index (κ2) is 3.57. The van der Waals surface area contributed by atoms with Crippen molar-refractivity contribution >= 4 is 70.3 Å². The summed E-state index contributed by atoms with van der Waals surface area (Å²) in [5, 5.41) is 1.67. The van der Waals surface area contributed by atoms with Gasteiger partial charge in [-0.25, -0.2) is 0 Å². The van der Waals surface area contributed by atoms with E-state index in [0.717, 1.165) is 24.3 Å². The molecule has 1 nitrogen and oxygen atoms in total. The summed E-state index contributed by atoms with van der Waals surface area (Å²) in [5.41, 5.74) is 0.992. The Morgan fingerprint density at radius 1 is 1.08 bits per heavy atom. The average Bonchev–Trinajstić information content (AvgIpc) is 2.38. The van der Waals surface area contributed by atoms with Crippen LogP contribution in [-0.2, 0) is 0 Å². The van der Waals surface area contributed by atoms with Crippen molar-refractivity contribution in [3.8, 4) is 0 Å². The van der Waals surface area contributed by atoms with E-state index < -0.39 is 0 Å². The Labute approximate surface area is 105 Å². The summed E-state index contributed by atoms with van der Waals surface area (Å²) in [6.45, 7) is 0. The van der Waals surface area contributed by atoms with E-state index in [2.05, 4.69) is 52.8 Å². The summed E-state index contributed by atoms with van der Waals surface area (Å²) in [6.07, 6.45) is 0. The van der Waals surface area contributed by atoms with E-state index in [1.165, 1.54) is 0 Å². The minimum absolute atomic E-state index is 0.614. The van der Waals surface area contributed by atoms with E-state index in [1.807, 2.05) is 12.1 Å². The van der Waals surface area contributed by atoms with Gasteiger partial charge in [0.05, 0.1) is 9.99 Å². The van der Waals surface area contributed by atoms with Gasteiger partial charge in [0.25, 0.3) is 0 Å². The normalized spacial score (nSPS) is 11.1. The van der Waals surface area contributed by atoms with E-state index in [4.69, 9.17) is 11.6 Å². The van der Waals surface area contributed by atoms with Crippen LogP contribution in [0.1, 0.15) is 0 Å². The second-order valence-corrected chi connectivity index (χ2v) is 5.41. The number of rotatable bonds is 0. The first-order valence-electron chi connectivity index (χ1n) is 3.42. The highest BCUT2D eigenvalue weighted by molar-refractivity contribution is 9.11. The predicted octanol–water partition coefficient (Wildman–Crippen LogP) is 5.11. The minimum Gasteiger partial charge on any atom is -0.344 e. The highest BCUT2D eigenvalue weighted by Gasteiger charge is 2.12. The van der Waals surface area contributed by atoms with Gasteiger partial charge in [-0.1, -0.05) is 27.5 Å². The third-order valence-electron chi connectivity index (χ3n) is 1.75. The second-order valence-electron chi connectivity index (χ2n) is 2.53. The molecule has 0 radical (unpaired) electrons. The molecule has 0 unspecified atom stereocenters. The Hall–Kier alpha value is 0.490. The molecular weight excluding hydrogens is 385 g/mol. The fraction of sp³-hybridized carbons (Fsp3) is 0.